The van der Waals surface area contributed by atoms with Gasteiger partial charge in [-0.25, -0.2) is 9.59 Å². The summed E-state index contributed by atoms with van der Waals surface area (Å²) in [6, 6.07) is 0. The Kier molecular flexibility index (Phi) is 19.9. The minimum absolute atomic E-state index is 0.176. The monoisotopic (exact) mass is 300 g/mol. The molecule has 6 heteroatoms. The summed E-state index contributed by atoms with van der Waals surface area (Å²) in [6.45, 7) is 14.9. The smallest absolute Gasteiger partial charge is 0.330 e. The largest absolute Gasteiger partial charge is 0.478 e. The van der Waals surface area contributed by atoms with Crippen LogP contribution >= 0.6 is 0 Å². The zero-order valence-electron chi connectivity index (χ0n) is 12.9. The number of rotatable bonds is 6. The van der Waals surface area contributed by atoms with Crippen molar-refractivity contribution in [2.45, 2.75) is 33.6 Å². The molecule has 0 aliphatic rings. The van der Waals surface area contributed by atoms with E-state index < -0.39 is 5.97 Å². The number of carbonyl (C=O) groups excluding carboxylic acids is 2. The Labute approximate surface area is 125 Å². The summed E-state index contributed by atoms with van der Waals surface area (Å²) in [5.74, 6) is -1.59. The van der Waals surface area contributed by atoms with E-state index in [0.29, 0.717) is 6.61 Å². The Morgan fingerprint density at radius 3 is 1.86 bits per heavy atom. The molecule has 0 saturated carbocycles. The van der Waals surface area contributed by atoms with Gasteiger partial charge in [0.1, 0.15) is 0 Å². The molecule has 0 fully saturated rings. The first-order valence-electron chi connectivity index (χ1n) is 6.18. The SMILES string of the molecule is C=C(C)C(=O)O.C=CC(=O)OCCCC.C=COC(C)=O. The van der Waals surface area contributed by atoms with Gasteiger partial charge in [0, 0.05) is 18.6 Å². The molecule has 0 spiro atoms. The summed E-state index contributed by atoms with van der Waals surface area (Å²) in [4.78, 5) is 29.7. The van der Waals surface area contributed by atoms with E-state index in [9.17, 15) is 14.4 Å². The highest BCUT2D eigenvalue weighted by molar-refractivity contribution is 5.84. The number of carbonyl (C=O) groups is 3. The van der Waals surface area contributed by atoms with Crippen LogP contribution < -0.4 is 0 Å². The first-order chi connectivity index (χ1) is 9.72. The number of esters is 2. The zero-order valence-corrected chi connectivity index (χ0v) is 12.9. The van der Waals surface area contributed by atoms with Gasteiger partial charge in [0.25, 0.3) is 0 Å². The third-order valence-corrected chi connectivity index (χ3v) is 1.52. The van der Waals surface area contributed by atoms with Crippen LogP contribution in [-0.2, 0) is 23.9 Å². The molecule has 0 aliphatic carbocycles. The summed E-state index contributed by atoms with van der Waals surface area (Å²) < 4.78 is 8.84. The summed E-state index contributed by atoms with van der Waals surface area (Å²) in [5, 5.41) is 7.89. The van der Waals surface area contributed by atoms with Crippen molar-refractivity contribution in [1.29, 1.82) is 0 Å². The second-order valence-corrected chi connectivity index (χ2v) is 3.59. The van der Waals surface area contributed by atoms with Gasteiger partial charge in [0.05, 0.1) is 12.9 Å². The molecular formula is C15H24O6. The zero-order chi connectivity index (χ0) is 17.3. The standard InChI is InChI=1S/C7H12O2.2C4H6O2/c1-3-5-6-9-7(8)4-2;1-3-6-4(2)5;1-3(2)4(5)6/h4H,2-3,5-6H2,1H3;3H,1H2,2H3;1H2,2H3,(H,5,6). The Morgan fingerprint density at radius 1 is 1.19 bits per heavy atom. The maximum Gasteiger partial charge on any atom is 0.330 e. The maximum atomic E-state index is 10.3. The lowest BCUT2D eigenvalue weighted by molar-refractivity contribution is -0.138. The highest BCUT2D eigenvalue weighted by Crippen LogP contribution is 1.88. The molecule has 21 heavy (non-hydrogen) atoms. The van der Waals surface area contributed by atoms with Crippen LogP contribution in [0, 0.1) is 0 Å². The van der Waals surface area contributed by atoms with Gasteiger partial charge in [-0.2, -0.15) is 0 Å². The minimum atomic E-state index is -0.935. The van der Waals surface area contributed by atoms with Gasteiger partial charge in [-0.1, -0.05) is 33.1 Å². The Hall–Kier alpha value is -2.37. The molecule has 0 radical (unpaired) electrons. The number of unbranched alkanes of at least 4 members (excludes halogenated alkanes) is 1. The molecule has 0 aromatic rings. The van der Waals surface area contributed by atoms with Gasteiger partial charge in [-0.3, -0.25) is 4.79 Å². The first-order valence-corrected chi connectivity index (χ1v) is 6.18. The average Bonchev–Trinajstić information content (AvgIpc) is 2.40. The van der Waals surface area contributed by atoms with Crippen molar-refractivity contribution in [3.63, 3.8) is 0 Å². The average molecular weight is 300 g/mol. The third kappa shape index (κ3) is 31.8. The lowest BCUT2D eigenvalue weighted by atomic mass is 10.4. The quantitative estimate of drug-likeness (QED) is 0.351. The van der Waals surface area contributed by atoms with E-state index in [1.807, 2.05) is 6.92 Å². The predicted molar refractivity (Wildman–Crippen MR) is 80.5 cm³/mol. The molecule has 0 rings (SSSR count). The molecule has 0 unspecified atom stereocenters. The molecular weight excluding hydrogens is 276 g/mol. The number of ether oxygens (including phenoxy) is 2. The maximum absolute atomic E-state index is 10.3. The van der Waals surface area contributed by atoms with Crippen LogP contribution in [0.15, 0.2) is 37.6 Å². The molecule has 0 amide bonds. The Bertz CT molecular complexity index is 345. The number of hydrogen-bond donors (Lipinski definition) is 1. The normalized spacial score (nSPS) is 7.76. The molecule has 0 saturated heterocycles. The van der Waals surface area contributed by atoms with Crippen LogP contribution in [0.2, 0.25) is 0 Å². The lowest BCUT2D eigenvalue weighted by Crippen LogP contribution is -2.00. The van der Waals surface area contributed by atoms with E-state index in [-0.39, 0.29) is 17.5 Å². The van der Waals surface area contributed by atoms with Crippen LogP contribution in [0.3, 0.4) is 0 Å². The summed E-state index contributed by atoms with van der Waals surface area (Å²) in [5.41, 5.74) is 0.176. The van der Waals surface area contributed by atoms with Crippen molar-refractivity contribution in [3.8, 4) is 0 Å². The van der Waals surface area contributed by atoms with Gasteiger partial charge in [0.2, 0.25) is 0 Å². The van der Waals surface area contributed by atoms with Gasteiger partial charge in [-0.05, 0) is 13.3 Å². The fourth-order valence-electron chi connectivity index (χ4n) is 0.493. The number of hydrogen-bond acceptors (Lipinski definition) is 5. The number of carboxylic acids is 1. The summed E-state index contributed by atoms with van der Waals surface area (Å²) in [6.07, 6.45) is 4.25. The predicted octanol–water partition coefficient (Wildman–Crippen LogP) is 2.86. The lowest BCUT2D eigenvalue weighted by Gasteiger charge is -1.97. The van der Waals surface area contributed by atoms with E-state index in [4.69, 9.17) is 5.11 Å². The highest BCUT2D eigenvalue weighted by atomic mass is 16.5. The van der Waals surface area contributed by atoms with E-state index >= 15 is 0 Å². The summed E-state index contributed by atoms with van der Waals surface area (Å²) in [7, 11) is 0. The summed E-state index contributed by atoms with van der Waals surface area (Å²) >= 11 is 0. The van der Waals surface area contributed by atoms with Crippen LogP contribution in [-0.4, -0.2) is 29.6 Å². The Balaban J connectivity index is -0.000000240. The molecule has 0 aromatic carbocycles. The van der Waals surface area contributed by atoms with Crippen LogP contribution in [0.5, 0.6) is 0 Å². The van der Waals surface area contributed by atoms with Crippen molar-refractivity contribution in [3.05, 3.63) is 37.6 Å². The highest BCUT2D eigenvalue weighted by Gasteiger charge is 1.91. The molecule has 0 aliphatic heterocycles. The van der Waals surface area contributed by atoms with E-state index in [1.165, 1.54) is 19.9 Å². The second kappa shape index (κ2) is 17.6. The van der Waals surface area contributed by atoms with Crippen molar-refractivity contribution in [2.24, 2.45) is 0 Å². The van der Waals surface area contributed by atoms with Crippen LogP contribution in [0.1, 0.15) is 33.6 Å². The molecule has 1 N–H and O–H groups in total. The van der Waals surface area contributed by atoms with Crippen molar-refractivity contribution >= 4 is 17.9 Å². The van der Waals surface area contributed by atoms with Crippen molar-refractivity contribution < 1.29 is 29.0 Å². The molecule has 0 atom stereocenters. The number of carboxylic acid groups (broad SMARTS) is 1. The molecule has 0 heterocycles. The van der Waals surface area contributed by atoms with E-state index in [2.05, 4.69) is 29.2 Å². The number of aliphatic carboxylic acids is 1. The first kappa shape index (κ1) is 23.7. The van der Waals surface area contributed by atoms with Gasteiger partial charge in [-0.15, -0.1) is 0 Å². The van der Waals surface area contributed by atoms with Crippen molar-refractivity contribution in [2.75, 3.05) is 6.61 Å². The van der Waals surface area contributed by atoms with Crippen LogP contribution in [0.25, 0.3) is 0 Å². The Morgan fingerprint density at radius 2 is 1.67 bits per heavy atom. The van der Waals surface area contributed by atoms with Crippen LogP contribution in [0.4, 0.5) is 0 Å². The minimum Gasteiger partial charge on any atom is -0.478 e. The fourth-order valence-corrected chi connectivity index (χ4v) is 0.493. The molecule has 0 aromatic heterocycles. The fraction of sp³-hybridized carbons (Fsp3) is 0.400. The molecule has 6 nitrogen and oxygen atoms in total. The van der Waals surface area contributed by atoms with Gasteiger partial charge >= 0.3 is 17.9 Å². The van der Waals surface area contributed by atoms with Crippen molar-refractivity contribution in [1.82, 2.24) is 0 Å². The van der Waals surface area contributed by atoms with E-state index in [0.717, 1.165) is 19.1 Å². The topological polar surface area (TPSA) is 89.9 Å². The third-order valence-electron chi connectivity index (χ3n) is 1.52. The van der Waals surface area contributed by atoms with E-state index in [1.54, 1.807) is 0 Å². The molecule has 120 valence electrons. The van der Waals surface area contributed by atoms with Gasteiger partial charge < -0.3 is 14.6 Å². The second-order valence-electron chi connectivity index (χ2n) is 3.59. The molecule has 0 bridgehead atoms. The van der Waals surface area contributed by atoms with Gasteiger partial charge in [0.15, 0.2) is 0 Å².